The van der Waals surface area contributed by atoms with E-state index >= 15 is 0 Å². The molecule has 0 saturated heterocycles. The van der Waals surface area contributed by atoms with Gasteiger partial charge in [-0.25, -0.2) is 0 Å². The van der Waals surface area contributed by atoms with Crippen LogP contribution in [0.25, 0.3) is 11.1 Å². The summed E-state index contributed by atoms with van der Waals surface area (Å²) >= 11 is 6.20. The Morgan fingerprint density at radius 3 is 1.90 bits per heavy atom. The lowest BCUT2D eigenvalue weighted by Gasteiger charge is -2.18. The van der Waals surface area contributed by atoms with Crippen LogP contribution in [-0.4, -0.2) is 23.7 Å². The first-order chi connectivity index (χ1) is 14.3. The fraction of sp³-hybridized carbons (Fsp3) is 0.231. The highest BCUT2D eigenvalue weighted by Crippen LogP contribution is 2.35. The van der Waals surface area contributed by atoms with Crippen molar-refractivity contribution in [2.24, 2.45) is 0 Å². The molecule has 2 nitrogen and oxygen atoms in total. The summed E-state index contributed by atoms with van der Waals surface area (Å²) in [5.41, 5.74) is 5.86. The van der Waals surface area contributed by atoms with Crippen LogP contribution in [0.4, 0.5) is 0 Å². The van der Waals surface area contributed by atoms with E-state index in [2.05, 4.69) is 60.7 Å². The van der Waals surface area contributed by atoms with Gasteiger partial charge in [-0.3, -0.25) is 0 Å². The number of hydrogen-bond acceptors (Lipinski definition) is 2. The molecular formula is C26H27ClO2. The fourth-order valence-corrected chi connectivity index (χ4v) is 3.60. The molecule has 1 N–H and O–H groups in total. The molecule has 0 radical (unpaired) electrons. The molecule has 0 amide bonds. The van der Waals surface area contributed by atoms with Crippen LogP contribution < -0.4 is 4.74 Å². The van der Waals surface area contributed by atoms with E-state index in [1.54, 1.807) is 0 Å². The summed E-state index contributed by atoms with van der Waals surface area (Å²) in [6.45, 7) is 2.02. The molecule has 0 fully saturated rings. The topological polar surface area (TPSA) is 29.5 Å². The van der Waals surface area contributed by atoms with Crippen LogP contribution in [0.15, 0.2) is 84.9 Å². The molecule has 0 aliphatic carbocycles. The number of alkyl halides is 1. The molecule has 150 valence electrons. The van der Waals surface area contributed by atoms with Crippen LogP contribution >= 0.6 is 11.6 Å². The number of hydrogen-bond donors (Lipinski definition) is 1. The van der Waals surface area contributed by atoms with Crippen molar-refractivity contribution in [1.82, 2.24) is 0 Å². The van der Waals surface area contributed by atoms with Gasteiger partial charge < -0.3 is 9.84 Å². The number of benzene rings is 3. The zero-order valence-corrected chi connectivity index (χ0v) is 17.5. The highest BCUT2D eigenvalue weighted by Gasteiger charge is 2.14. The molecule has 0 bridgehead atoms. The molecule has 0 spiro atoms. The van der Waals surface area contributed by atoms with Gasteiger partial charge >= 0.3 is 0 Å². The molecular weight excluding hydrogens is 380 g/mol. The molecule has 0 heterocycles. The largest absolute Gasteiger partial charge is 0.488 e. The summed E-state index contributed by atoms with van der Waals surface area (Å²) < 4.78 is 5.86. The lowest BCUT2D eigenvalue weighted by Crippen LogP contribution is -2.19. The maximum absolute atomic E-state index is 9.39. The van der Waals surface area contributed by atoms with Gasteiger partial charge in [-0.15, -0.1) is 11.6 Å². The Balaban J connectivity index is 2.09. The van der Waals surface area contributed by atoms with Crippen LogP contribution in [0.3, 0.4) is 0 Å². The van der Waals surface area contributed by atoms with Gasteiger partial charge in [-0.05, 0) is 52.8 Å². The first kappa shape index (κ1) is 21.2. The van der Waals surface area contributed by atoms with Crippen molar-refractivity contribution in [1.29, 1.82) is 0 Å². The second-order valence-electron chi connectivity index (χ2n) is 6.88. The van der Waals surface area contributed by atoms with Crippen molar-refractivity contribution in [3.05, 3.63) is 102 Å². The molecule has 0 aromatic heterocycles. The summed E-state index contributed by atoms with van der Waals surface area (Å²) in [4.78, 5) is 0. The van der Waals surface area contributed by atoms with Crippen LogP contribution in [0.1, 0.15) is 36.5 Å². The Kier molecular flexibility index (Phi) is 7.92. The molecule has 29 heavy (non-hydrogen) atoms. The van der Waals surface area contributed by atoms with Gasteiger partial charge in [0.05, 0.1) is 6.61 Å². The van der Waals surface area contributed by atoms with Gasteiger partial charge in [0.1, 0.15) is 11.9 Å². The van der Waals surface area contributed by atoms with Crippen molar-refractivity contribution >= 4 is 22.7 Å². The number of ether oxygens (including phenoxy) is 1. The minimum absolute atomic E-state index is 0.0152. The first-order valence-electron chi connectivity index (χ1n) is 10.0. The summed E-state index contributed by atoms with van der Waals surface area (Å²) in [6.07, 6.45) is 1.36. The number of aliphatic hydroxyl groups excluding tert-OH is 1. The molecule has 0 aliphatic rings. The highest BCUT2D eigenvalue weighted by molar-refractivity contribution is 6.18. The van der Waals surface area contributed by atoms with E-state index in [9.17, 15) is 5.11 Å². The maximum Gasteiger partial charge on any atom is 0.121 e. The van der Waals surface area contributed by atoms with Crippen LogP contribution in [0.5, 0.6) is 5.75 Å². The summed E-state index contributed by atoms with van der Waals surface area (Å²) in [6, 6.07) is 28.9. The van der Waals surface area contributed by atoms with Gasteiger partial charge in [0.2, 0.25) is 0 Å². The van der Waals surface area contributed by atoms with Gasteiger partial charge in [0, 0.05) is 5.88 Å². The van der Waals surface area contributed by atoms with Crippen molar-refractivity contribution in [3.8, 4) is 5.75 Å². The minimum Gasteiger partial charge on any atom is -0.488 e. The Bertz CT molecular complexity index is 898. The van der Waals surface area contributed by atoms with E-state index in [0.717, 1.165) is 29.7 Å². The van der Waals surface area contributed by atoms with Gasteiger partial charge in [0.25, 0.3) is 0 Å². The minimum atomic E-state index is -0.180. The molecule has 3 aromatic carbocycles. The lowest BCUT2D eigenvalue weighted by atomic mass is 9.88. The molecule has 1 atom stereocenters. The number of allylic oxidation sites excluding steroid dienone is 1. The Labute approximate surface area is 178 Å². The Morgan fingerprint density at radius 2 is 1.38 bits per heavy atom. The average molecular weight is 407 g/mol. The number of halogens is 1. The normalized spacial score (nSPS) is 12.9. The van der Waals surface area contributed by atoms with E-state index in [-0.39, 0.29) is 12.7 Å². The van der Waals surface area contributed by atoms with E-state index in [1.165, 1.54) is 16.7 Å². The lowest BCUT2D eigenvalue weighted by molar-refractivity contribution is 0.112. The predicted octanol–water partition coefficient (Wildman–Crippen LogP) is 6.42. The average Bonchev–Trinajstić information content (AvgIpc) is 2.79. The van der Waals surface area contributed by atoms with Crippen molar-refractivity contribution in [2.75, 3.05) is 12.5 Å². The number of rotatable bonds is 9. The SMILES string of the molecule is CCC(CO)Oc1ccc(/C(=C(/CCCl)c2ccccc2)c2ccccc2)cc1. The quantitative estimate of drug-likeness (QED) is 0.328. The second kappa shape index (κ2) is 10.8. The summed E-state index contributed by atoms with van der Waals surface area (Å²) in [5.74, 6) is 1.32. The fourth-order valence-electron chi connectivity index (χ4n) is 3.41. The second-order valence-corrected chi connectivity index (χ2v) is 7.26. The highest BCUT2D eigenvalue weighted by atomic mass is 35.5. The molecule has 3 heteroatoms. The summed E-state index contributed by atoms with van der Waals surface area (Å²) in [5, 5.41) is 9.39. The van der Waals surface area contributed by atoms with Gasteiger partial charge in [-0.1, -0.05) is 79.7 Å². The zero-order valence-electron chi connectivity index (χ0n) is 16.7. The van der Waals surface area contributed by atoms with Crippen LogP contribution in [-0.2, 0) is 0 Å². The third-order valence-corrected chi connectivity index (χ3v) is 5.12. The Morgan fingerprint density at radius 1 is 0.828 bits per heavy atom. The molecule has 0 saturated carbocycles. The van der Waals surface area contributed by atoms with Crippen LogP contribution in [0.2, 0.25) is 0 Å². The van der Waals surface area contributed by atoms with E-state index < -0.39 is 0 Å². The van der Waals surface area contributed by atoms with E-state index in [0.29, 0.717) is 5.88 Å². The Hall–Kier alpha value is -2.55. The zero-order chi connectivity index (χ0) is 20.5. The third kappa shape index (κ3) is 5.50. The van der Waals surface area contributed by atoms with E-state index in [4.69, 9.17) is 16.3 Å². The van der Waals surface area contributed by atoms with Crippen molar-refractivity contribution in [3.63, 3.8) is 0 Å². The standard InChI is InChI=1S/C26H27ClO2/c1-2-23(19-28)29-24-15-13-22(14-16-24)26(21-11-7-4-8-12-21)25(17-18-27)20-9-5-3-6-10-20/h3-16,23,28H,2,17-19H2,1H3/b26-25-. The maximum atomic E-state index is 9.39. The molecule has 1 unspecified atom stereocenters. The van der Waals surface area contributed by atoms with E-state index in [1.807, 2.05) is 31.2 Å². The van der Waals surface area contributed by atoms with Gasteiger partial charge in [-0.2, -0.15) is 0 Å². The van der Waals surface area contributed by atoms with Gasteiger partial charge in [0.15, 0.2) is 0 Å². The number of aliphatic hydroxyl groups is 1. The summed E-state index contributed by atoms with van der Waals surface area (Å²) in [7, 11) is 0. The van der Waals surface area contributed by atoms with Crippen molar-refractivity contribution < 1.29 is 9.84 Å². The molecule has 3 aromatic rings. The predicted molar refractivity (Wildman–Crippen MR) is 122 cm³/mol. The molecule has 3 rings (SSSR count). The molecule has 0 aliphatic heterocycles. The first-order valence-corrected chi connectivity index (χ1v) is 10.6. The van der Waals surface area contributed by atoms with Crippen LogP contribution in [0, 0.1) is 0 Å². The third-order valence-electron chi connectivity index (χ3n) is 4.94. The monoisotopic (exact) mass is 406 g/mol. The van der Waals surface area contributed by atoms with Crippen molar-refractivity contribution in [2.45, 2.75) is 25.9 Å². The smallest absolute Gasteiger partial charge is 0.121 e.